The van der Waals surface area contributed by atoms with Crippen molar-refractivity contribution in [3.05, 3.63) is 28.8 Å². The number of rotatable bonds is 8. The van der Waals surface area contributed by atoms with Crippen LogP contribution in [-0.4, -0.2) is 94.5 Å². The number of hydrogen-bond acceptors (Lipinski definition) is 10. The first kappa shape index (κ1) is 24.6. The molecule has 1 aromatic carbocycles. The van der Waals surface area contributed by atoms with Gasteiger partial charge in [-0.2, -0.15) is 0 Å². The molecule has 186 valence electrons. The molecule has 0 aliphatic carbocycles. The van der Waals surface area contributed by atoms with Gasteiger partial charge in [-0.05, 0) is 31.5 Å². The lowest BCUT2D eigenvalue weighted by atomic mass is 9.72. The van der Waals surface area contributed by atoms with Gasteiger partial charge in [0.25, 0.3) is 5.91 Å². The third-order valence-electron chi connectivity index (χ3n) is 6.97. The van der Waals surface area contributed by atoms with Crippen molar-refractivity contribution in [3.63, 3.8) is 0 Å². The van der Waals surface area contributed by atoms with Crippen LogP contribution < -0.4 is 14.4 Å². The van der Waals surface area contributed by atoms with E-state index < -0.39 is 30.1 Å². The molecule has 2 aromatic rings. The van der Waals surface area contributed by atoms with Crippen LogP contribution in [0.2, 0.25) is 0 Å². The molecule has 1 aromatic heterocycles. The van der Waals surface area contributed by atoms with E-state index in [1.807, 2.05) is 32.0 Å². The summed E-state index contributed by atoms with van der Waals surface area (Å²) in [5.41, 5.74) is 0.267. The van der Waals surface area contributed by atoms with Gasteiger partial charge >= 0.3 is 0 Å². The first-order valence-electron chi connectivity index (χ1n) is 11.3. The quantitative estimate of drug-likeness (QED) is 0.490. The van der Waals surface area contributed by atoms with Gasteiger partial charge in [0.05, 0.1) is 32.9 Å². The van der Waals surface area contributed by atoms with Crippen LogP contribution in [0, 0.1) is 12.3 Å². The van der Waals surface area contributed by atoms with E-state index in [9.17, 15) is 20.1 Å². The van der Waals surface area contributed by atoms with E-state index in [0.717, 1.165) is 15.7 Å². The van der Waals surface area contributed by atoms with E-state index in [0.29, 0.717) is 31.1 Å². The normalized spacial score (nSPS) is 24.6. The maximum Gasteiger partial charge on any atom is 0.253 e. The molecule has 0 radical (unpaired) electrons. The van der Waals surface area contributed by atoms with Gasteiger partial charge < -0.3 is 34.6 Å². The molecule has 10 nitrogen and oxygen atoms in total. The lowest BCUT2D eigenvalue weighted by Crippen LogP contribution is -2.54. The lowest BCUT2D eigenvalue weighted by molar-refractivity contribution is -0.141. The molecule has 2 saturated heterocycles. The van der Waals surface area contributed by atoms with Gasteiger partial charge in [0, 0.05) is 24.4 Å². The van der Waals surface area contributed by atoms with Gasteiger partial charge in [-0.15, -0.1) is 10.2 Å². The minimum absolute atomic E-state index is 0.0298. The number of ether oxygens (including phenoxy) is 2. The first-order valence-corrected chi connectivity index (χ1v) is 12.1. The molecule has 4 atom stereocenters. The van der Waals surface area contributed by atoms with Gasteiger partial charge in [-0.25, -0.2) is 0 Å². The average Bonchev–Trinajstić information content (AvgIpc) is 3.38. The molecule has 34 heavy (non-hydrogen) atoms. The Morgan fingerprint density at radius 3 is 2.59 bits per heavy atom. The number of nitrogens with zero attached hydrogens (tertiary/aromatic N) is 4. The number of aliphatic hydroxyl groups excluding tert-OH is 3. The number of methoxy groups -OCH3 is 1. The molecular formula is C23H32N4O6S. The summed E-state index contributed by atoms with van der Waals surface area (Å²) in [6.45, 7) is 6.90. The summed E-state index contributed by atoms with van der Waals surface area (Å²) in [7, 11) is 1.59. The number of benzene rings is 1. The highest BCUT2D eigenvalue weighted by Crippen LogP contribution is 2.47. The Morgan fingerprint density at radius 1 is 1.26 bits per heavy atom. The molecule has 3 N–H and O–H groups in total. The average molecular weight is 493 g/mol. The van der Waals surface area contributed by atoms with Crippen LogP contribution in [0.4, 0.5) is 5.13 Å². The van der Waals surface area contributed by atoms with Crippen molar-refractivity contribution >= 4 is 22.4 Å². The van der Waals surface area contributed by atoms with Crippen molar-refractivity contribution in [1.82, 2.24) is 15.1 Å². The van der Waals surface area contributed by atoms with Crippen molar-refractivity contribution in [2.24, 2.45) is 5.41 Å². The van der Waals surface area contributed by atoms with Crippen LogP contribution in [0.25, 0.3) is 0 Å². The van der Waals surface area contributed by atoms with Crippen LogP contribution >= 0.6 is 11.3 Å². The fourth-order valence-electron chi connectivity index (χ4n) is 4.65. The number of anilines is 1. The maximum absolute atomic E-state index is 12.5. The molecule has 11 heteroatoms. The Balaban J connectivity index is 1.53. The number of amides is 1. The van der Waals surface area contributed by atoms with Crippen molar-refractivity contribution in [3.8, 4) is 11.5 Å². The van der Waals surface area contributed by atoms with E-state index >= 15 is 0 Å². The monoisotopic (exact) mass is 492 g/mol. The second kappa shape index (κ2) is 9.65. The summed E-state index contributed by atoms with van der Waals surface area (Å²) < 4.78 is 11.8. The van der Waals surface area contributed by atoms with Gasteiger partial charge in [-0.3, -0.25) is 4.79 Å². The number of carbonyl (C=O) groups is 1. The van der Waals surface area contributed by atoms with Gasteiger partial charge in [0.1, 0.15) is 11.1 Å². The highest BCUT2D eigenvalue weighted by Gasteiger charge is 2.49. The zero-order chi connectivity index (χ0) is 24.6. The van der Waals surface area contributed by atoms with E-state index in [1.54, 1.807) is 25.4 Å². The summed E-state index contributed by atoms with van der Waals surface area (Å²) in [6, 6.07) is 5.67. The highest BCUT2D eigenvalue weighted by molar-refractivity contribution is 7.15. The van der Waals surface area contributed by atoms with Gasteiger partial charge in [0.15, 0.2) is 17.6 Å². The predicted molar refractivity (Wildman–Crippen MR) is 126 cm³/mol. The second-order valence-electron chi connectivity index (χ2n) is 9.31. The second-order valence-corrected chi connectivity index (χ2v) is 10.5. The fraction of sp³-hybridized carbons (Fsp3) is 0.609. The minimum atomic E-state index is -1.47. The third-order valence-corrected chi connectivity index (χ3v) is 7.87. The number of hydrogen-bond donors (Lipinski definition) is 3. The van der Waals surface area contributed by atoms with E-state index in [4.69, 9.17) is 9.47 Å². The highest BCUT2D eigenvalue weighted by atomic mass is 32.1. The number of aryl methyl sites for hydroxylation is 1. The number of likely N-dealkylation sites (tertiary alicyclic amines) is 1. The molecule has 2 aliphatic rings. The lowest BCUT2D eigenvalue weighted by Gasteiger charge is -2.39. The number of aromatic nitrogens is 2. The smallest absolute Gasteiger partial charge is 0.253 e. The zero-order valence-electron chi connectivity index (χ0n) is 19.8. The standard InChI is InChI=1S/C23H32N4O6S/c1-13(29)23(3)12-27(21(31)18(30)11-28)10-17(23)15-5-6-19(32-4)20(7-15)33-16-8-26(9-16)22-25-24-14(2)34-22/h5-7,13,16-18,28-30H,8-12H2,1-4H3/t13?,17-,18?,23-/m0/s1. The molecule has 4 rings (SSSR count). The molecule has 0 bridgehead atoms. The van der Waals surface area contributed by atoms with Crippen LogP contribution in [0.15, 0.2) is 18.2 Å². The number of carbonyl (C=O) groups excluding carboxylic acids is 1. The largest absolute Gasteiger partial charge is 0.493 e. The summed E-state index contributed by atoms with van der Waals surface area (Å²) in [4.78, 5) is 16.2. The summed E-state index contributed by atoms with van der Waals surface area (Å²) in [5, 5.41) is 39.7. The summed E-state index contributed by atoms with van der Waals surface area (Å²) >= 11 is 1.55. The summed E-state index contributed by atoms with van der Waals surface area (Å²) in [5.74, 6) is 0.474. The number of aliphatic hydroxyl groups is 3. The van der Waals surface area contributed by atoms with Crippen LogP contribution in [0.1, 0.15) is 30.3 Å². The molecule has 1 amide bonds. The van der Waals surface area contributed by atoms with E-state index in [-0.39, 0.29) is 18.6 Å². The molecular weight excluding hydrogens is 460 g/mol. The maximum atomic E-state index is 12.5. The SMILES string of the molecule is COc1ccc([C@@H]2CN(C(=O)C(O)CO)C[C@@]2(C)C(C)O)cc1OC1CN(c2nnc(C)s2)C1. The van der Waals surface area contributed by atoms with Crippen molar-refractivity contribution in [2.75, 3.05) is 44.8 Å². The van der Waals surface area contributed by atoms with Crippen molar-refractivity contribution in [1.29, 1.82) is 0 Å². The van der Waals surface area contributed by atoms with Gasteiger partial charge in [-0.1, -0.05) is 24.3 Å². The van der Waals surface area contributed by atoms with Crippen molar-refractivity contribution in [2.45, 2.75) is 45.0 Å². The van der Waals surface area contributed by atoms with Crippen LogP contribution in [0.5, 0.6) is 11.5 Å². The predicted octanol–water partition coefficient (Wildman–Crippen LogP) is 0.789. The minimum Gasteiger partial charge on any atom is -0.493 e. The van der Waals surface area contributed by atoms with E-state index in [2.05, 4.69) is 15.1 Å². The van der Waals surface area contributed by atoms with E-state index in [1.165, 1.54) is 4.90 Å². The Kier molecular flexibility index (Phi) is 6.99. The van der Waals surface area contributed by atoms with Gasteiger partial charge in [0.2, 0.25) is 5.13 Å². The van der Waals surface area contributed by atoms with Crippen LogP contribution in [-0.2, 0) is 4.79 Å². The molecule has 2 fully saturated rings. The molecule has 2 unspecified atom stereocenters. The molecule has 0 saturated carbocycles. The Bertz CT molecular complexity index is 1030. The topological polar surface area (TPSA) is 128 Å². The Hall–Kier alpha value is -2.47. The molecule has 2 aliphatic heterocycles. The molecule has 0 spiro atoms. The Morgan fingerprint density at radius 2 is 2.00 bits per heavy atom. The molecule has 3 heterocycles. The zero-order valence-corrected chi connectivity index (χ0v) is 20.7. The third kappa shape index (κ3) is 4.57. The first-order chi connectivity index (χ1) is 16.2. The van der Waals surface area contributed by atoms with Crippen molar-refractivity contribution < 1.29 is 29.6 Å². The summed E-state index contributed by atoms with van der Waals surface area (Å²) in [6.07, 6.45) is -2.20. The Labute approximate surface area is 202 Å². The van der Waals surface area contributed by atoms with Crippen LogP contribution in [0.3, 0.4) is 0 Å². The fourth-order valence-corrected chi connectivity index (χ4v) is 5.35.